The van der Waals surface area contributed by atoms with E-state index in [1.54, 1.807) is 6.07 Å². The van der Waals surface area contributed by atoms with Gasteiger partial charge >= 0.3 is 0 Å². The van der Waals surface area contributed by atoms with Gasteiger partial charge in [-0.2, -0.15) is 15.6 Å². The van der Waals surface area contributed by atoms with Crippen LogP contribution in [0.1, 0.15) is 70.9 Å². The maximum atomic E-state index is 13.6. The molecule has 2 aliphatic carbocycles. The van der Waals surface area contributed by atoms with Gasteiger partial charge in [0.25, 0.3) is 0 Å². The Labute approximate surface area is 193 Å². The average molecular weight is 453 g/mol. The third-order valence-electron chi connectivity index (χ3n) is 7.44. The van der Waals surface area contributed by atoms with E-state index in [1.807, 2.05) is 17.9 Å². The topological polar surface area (TPSA) is 138 Å². The highest BCUT2D eigenvalue weighted by atomic mass is 16.2. The quantitative estimate of drug-likeness (QED) is 0.250. The number of rotatable bonds is 7. The summed E-state index contributed by atoms with van der Waals surface area (Å²) in [5.74, 6) is 0.724. The minimum absolute atomic E-state index is 0.141. The number of allylic oxidation sites excluding steroid dienone is 2. The summed E-state index contributed by atoms with van der Waals surface area (Å²) in [6.45, 7) is 4.56. The van der Waals surface area contributed by atoms with E-state index in [1.165, 1.54) is 0 Å². The third kappa shape index (κ3) is 4.44. The van der Waals surface area contributed by atoms with E-state index in [2.05, 4.69) is 27.7 Å². The summed E-state index contributed by atoms with van der Waals surface area (Å²) in [5, 5.41) is 23.1. The molecule has 0 bridgehead atoms. The van der Waals surface area contributed by atoms with Crippen LogP contribution in [0.25, 0.3) is 0 Å². The van der Waals surface area contributed by atoms with E-state index >= 15 is 0 Å². The zero-order chi connectivity index (χ0) is 23.6. The molecule has 10 nitrogen and oxygen atoms in total. The number of likely N-dealkylation sites (tertiary alicyclic amines) is 1. The lowest BCUT2D eigenvalue weighted by Gasteiger charge is -2.36. The van der Waals surface area contributed by atoms with Crippen molar-refractivity contribution in [1.29, 1.82) is 10.9 Å². The molecule has 3 N–H and O–H groups in total. The Morgan fingerprint density at radius 3 is 2.67 bits per heavy atom. The number of Topliss-reactive ketones (excluding diaryl/α,β-unsaturated/α-hetero) is 1. The van der Waals surface area contributed by atoms with Crippen molar-refractivity contribution in [3.8, 4) is 0 Å². The van der Waals surface area contributed by atoms with Gasteiger partial charge in [-0.3, -0.25) is 15.0 Å². The molecule has 0 radical (unpaired) electrons. The number of hydrogen-bond donors (Lipinski definition) is 3. The molecule has 2 heterocycles. The molecule has 4 rings (SSSR count). The first-order valence-corrected chi connectivity index (χ1v) is 11.7. The van der Waals surface area contributed by atoms with E-state index in [0.717, 1.165) is 73.3 Å². The predicted octanol–water partition coefficient (Wildman–Crippen LogP) is 3.50. The molecule has 0 aromatic carbocycles. The molecule has 1 aromatic rings. The number of carbonyl (C=O) groups excluding carboxylic acids is 2. The van der Waals surface area contributed by atoms with Crippen molar-refractivity contribution in [3.05, 3.63) is 29.1 Å². The van der Waals surface area contributed by atoms with Crippen LogP contribution in [-0.2, 0) is 16.1 Å². The maximum absolute atomic E-state index is 13.6. The zero-order valence-corrected chi connectivity index (χ0v) is 19.3. The van der Waals surface area contributed by atoms with Crippen molar-refractivity contribution in [3.63, 3.8) is 0 Å². The molecule has 176 valence electrons. The summed E-state index contributed by atoms with van der Waals surface area (Å²) < 4.78 is 0. The van der Waals surface area contributed by atoms with Gasteiger partial charge in [0, 0.05) is 36.3 Å². The van der Waals surface area contributed by atoms with E-state index in [0.29, 0.717) is 24.8 Å². The fraction of sp³-hybridized carbons (Fsp3) is 0.609. The summed E-state index contributed by atoms with van der Waals surface area (Å²) in [4.78, 5) is 27.7. The number of carbonyl (C=O) groups is 2. The molecule has 1 spiro atoms. The number of ketones is 1. The Hall–Kier alpha value is -3.01. The first-order chi connectivity index (χ1) is 15.9. The van der Waals surface area contributed by atoms with Crippen LogP contribution >= 0.6 is 0 Å². The smallest absolute Gasteiger partial charge is 0.233 e. The van der Waals surface area contributed by atoms with Crippen LogP contribution in [0, 0.1) is 16.4 Å². The van der Waals surface area contributed by atoms with Crippen LogP contribution in [0.4, 0.5) is 5.82 Å². The molecular weight excluding hydrogens is 420 g/mol. The summed E-state index contributed by atoms with van der Waals surface area (Å²) >= 11 is 0. The molecule has 1 aromatic heterocycles. The van der Waals surface area contributed by atoms with Gasteiger partial charge in [-0.15, -0.1) is 5.10 Å². The zero-order valence-electron chi connectivity index (χ0n) is 19.3. The number of amides is 1. The van der Waals surface area contributed by atoms with E-state index in [-0.39, 0.29) is 23.1 Å². The summed E-state index contributed by atoms with van der Waals surface area (Å²) in [6, 6.07) is 3.95. The number of aromatic nitrogens is 2. The molecule has 0 unspecified atom stereocenters. The van der Waals surface area contributed by atoms with E-state index in [4.69, 9.17) is 10.9 Å². The molecule has 1 saturated carbocycles. The van der Waals surface area contributed by atoms with E-state index in [9.17, 15) is 9.59 Å². The van der Waals surface area contributed by atoms with E-state index < -0.39 is 0 Å². The third-order valence-corrected chi connectivity index (χ3v) is 7.44. The molecular formula is C23H32N8O2. The van der Waals surface area contributed by atoms with Gasteiger partial charge in [0.05, 0.1) is 11.1 Å². The molecule has 10 heteroatoms. The number of nitrogens with one attached hydrogen (secondary N) is 3. The van der Waals surface area contributed by atoms with Crippen molar-refractivity contribution in [2.24, 2.45) is 10.6 Å². The van der Waals surface area contributed by atoms with Gasteiger partial charge in [-0.05, 0) is 70.9 Å². The highest BCUT2D eigenvalue weighted by molar-refractivity contribution is 5.98. The molecule has 33 heavy (non-hydrogen) atoms. The van der Waals surface area contributed by atoms with Gasteiger partial charge in [-0.25, -0.2) is 0 Å². The second kappa shape index (κ2) is 9.46. The first-order valence-electron chi connectivity index (χ1n) is 11.7. The Kier molecular flexibility index (Phi) is 6.64. The van der Waals surface area contributed by atoms with Gasteiger partial charge in [-0.1, -0.05) is 5.22 Å². The number of anilines is 1. The van der Waals surface area contributed by atoms with Crippen LogP contribution in [0.3, 0.4) is 0 Å². The normalized spacial score (nSPS) is 27.9. The van der Waals surface area contributed by atoms with Gasteiger partial charge < -0.3 is 10.2 Å². The Morgan fingerprint density at radius 2 is 2.03 bits per heavy atom. The van der Waals surface area contributed by atoms with Crippen molar-refractivity contribution >= 4 is 23.8 Å². The first kappa shape index (κ1) is 23.2. The standard InChI is InChI=1S/C23H32N8O2/c1-15-12-23(22(33)31(15)19-4-3-5-20(32)16(19)2)10-8-17(9-11-23)26-13-18-6-7-21(28-27-18)30(14-24)29-25/h6-7,14-15,17,24-26H,3-5,8-13H2,1-2H3/t15-,17?,23?/m0/s1. The lowest BCUT2D eigenvalue weighted by Crippen LogP contribution is -2.42. The molecule has 1 saturated heterocycles. The maximum Gasteiger partial charge on any atom is 0.233 e. The minimum Gasteiger partial charge on any atom is -0.313 e. The van der Waals surface area contributed by atoms with Crippen LogP contribution in [0.15, 0.2) is 28.6 Å². The number of hydrogen-bond acceptors (Lipinski definition) is 8. The minimum atomic E-state index is -0.303. The highest BCUT2D eigenvalue weighted by Crippen LogP contribution is 2.49. The molecule has 3 aliphatic rings. The van der Waals surface area contributed by atoms with Crippen molar-refractivity contribution in [1.82, 2.24) is 20.4 Å². The molecule has 1 amide bonds. The molecule has 1 aliphatic heterocycles. The molecule has 2 fully saturated rings. The fourth-order valence-corrected chi connectivity index (χ4v) is 5.60. The largest absolute Gasteiger partial charge is 0.313 e. The van der Waals surface area contributed by atoms with Crippen molar-refractivity contribution in [2.75, 3.05) is 5.01 Å². The SMILES string of the molecule is CC1=C(N2C(=O)C3(CCC(NCc4ccc(N(C=N)N=N)nn4)CC3)C[C@@H]2C)CCCC1=O. The van der Waals surface area contributed by atoms with Gasteiger partial charge in [0.2, 0.25) is 5.91 Å². The van der Waals surface area contributed by atoms with Crippen LogP contribution in [0.2, 0.25) is 0 Å². The number of nitrogens with zero attached hydrogens (tertiary/aromatic N) is 5. The lowest BCUT2D eigenvalue weighted by molar-refractivity contribution is -0.136. The lowest BCUT2D eigenvalue weighted by atomic mass is 9.70. The summed E-state index contributed by atoms with van der Waals surface area (Å²) in [7, 11) is 0. The second-order valence-corrected chi connectivity index (χ2v) is 9.47. The predicted molar refractivity (Wildman–Crippen MR) is 122 cm³/mol. The van der Waals surface area contributed by atoms with Crippen molar-refractivity contribution < 1.29 is 9.59 Å². The van der Waals surface area contributed by atoms with Gasteiger partial charge in [0.15, 0.2) is 11.6 Å². The Morgan fingerprint density at radius 1 is 1.27 bits per heavy atom. The molecule has 1 atom stereocenters. The van der Waals surface area contributed by atoms with Crippen LogP contribution in [0.5, 0.6) is 0 Å². The highest BCUT2D eigenvalue weighted by Gasteiger charge is 2.52. The van der Waals surface area contributed by atoms with Crippen LogP contribution < -0.4 is 10.3 Å². The summed E-state index contributed by atoms with van der Waals surface area (Å²) in [5.41, 5.74) is 9.24. The fourth-order valence-electron chi connectivity index (χ4n) is 5.60. The Balaban J connectivity index is 1.34. The second-order valence-electron chi connectivity index (χ2n) is 9.47. The summed E-state index contributed by atoms with van der Waals surface area (Å²) in [6.07, 6.45) is 7.58. The van der Waals surface area contributed by atoms with Gasteiger partial charge in [0.1, 0.15) is 6.34 Å². The van der Waals surface area contributed by atoms with Crippen LogP contribution in [-0.4, -0.2) is 45.2 Å². The van der Waals surface area contributed by atoms with Crippen molar-refractivity contribution in [2.45, 2.75) is 83.8 Å². The average Bonchev–Trinajstić information content (AvgIpc) is 3.06. The monoisotopic (exact) mass is 452 g/mol. The Bertz CT molecular complexity index is 957.